The number of anilines is 1. The van der Waals surface area contributed by atoms with Gasteiger partial charge < -0.3 is 14.8 Å². The molecule has 2 heterocycles. The van der Waals surface area contributed by atoms with E-state index in [1.807, 2.05) is 6.07 Å². The van der Waals surface area contributed by atoms with Gasteiger partial charge in [0.05, 0.1) is 11.0 Å². The van der Waals surface area contributed by atoms with E-state index in [1.165, 1.54) is 18.5 Å². The van der Waals surface area contributed by atoms with Crippen LogP contribution in [0.1, 0.15) is 20.3 Å². The van der Waals surface area contributed by atoms with Gasteiger partial charge in [0.25, 0.3) is 0 Å². The molecule has 0 saturated carbocycles. The lowest BCUT2D eigenvalue weighted by Crippen LogP contribution is -2.27. The van der Waals surface area contributed by atoms with Crippen LogP contribution >= 0.6 is 0 Å². The third-order valence-electron chi connectivity index (χ3n) is 4.02. The summed E-state index contributed by atoms with van der Waals surface area (Å²) in [5.74, 6) is 1.02. The maximum absolute atomic E-state index is 4.73. The van der Waals surface area contributed by atoms with Crippen molar-refractivity contribution in [3.05, 3.63) is 24.3 Å². The second-order valence-corrected chi connectivity index (χ2v) is 5.19. The summed E-state index contributed by atoms with van der Waals surface area (Å²) in [6.45, 7) is 8.81. The lowest BCUT2D eigenvalue weighted by Gasteiger charge is -2.16. The van der Waals surface area contributed by atoms with Crippen LogP contribution in [0.5, 0.6) is 0 Å². The molecule has 1 aliphatic rings. The number of imidazole rings is 1. The van der Waals surface area contributed by atoms with Gasteiger partial charge in [0.15, 0.2) is 0 Å². The van der Waals surface area contributed by atoms with Crippen LogP contribution < -0.4 is 5.32 Å². The largest absolute Gasteiger partial charge is 0.352 e. The molecule has 1 aromatic heterocycles. The lowest BCUT2D eigenvalue weighted by molar-refractivity contribution is 0.355. The third-order valence-corrected chi connectivity index (χ3v) is 4.02. The van der Waals surface area contributed by atoms with Crippen molar-refractivity contribution in [1.82, 2.24) is 14.5 Å². The standard InChI is InChI=1S/C15H22N4/c1-3-18-10-9-12(11-18)16-15-17-13-7-5-6-8-14(13)19(15)4-2/h5-8,12H,3-4,9-11H2,1-2H3,(H,16,17). The van der Waals surface area contributed by atoms with Gasteiger partial charge in [-0.25, -0.2) is 4.98 Å². The average Bonchev–Trinajstić information content (AvgIpc) is 3.02. The van der Waals surface area contributed by atoms with Crippen molar-refractivity contribution in [1.29, 1.82) is 0 Å². The normalized spacial score (nSPS) is 20.2. The van der Waals surface area contributed by atoms with Crippen LogP contribution in [0.2, 0.25) is 0 Å². The molecular weight excluding hydrogens is 236 g/mol. The Hall–Kier alpha value is -1.55. The molecule has 1 saturated heterocycles. The quantitative estimate of drug-likeness (QED) is 0.915. The van der Waals surface area contributed by atoms with Gasteiger partial charge >= 0.3 is 0 Å². The van der Waals surface area contributed by atoms with Gasteiger partial charge in [-0.2, -0.15) is 0 Å². The van der Waals surface area contributed by atoms with Gasteiger partial charge in [-0.05, 0) is 32.0 Å². The van der Waals surface area contributed by atoms with Crippen molar-refractivity contribution in [2.75, 3.05) is 25.0 Å². The van der Waals surface area contributed by atoms with Gasteiger partial charge in [-0.1, -0.05) is 19.1 Å². The minimum atomic E-state index is 0.530. The highest BCUT2D eigenvalue weighted by atomic mass is 15.3. The molecular formula is C15H22N4. The van der Waals surface area contributed by atoms with Gasteiger partial charge in [0.2, 0.25) is 5.95 Å². The molecule has 1 unspecified atom stereocenters. The van der Waals surface area contributed by atoms with E-state index in [2.05, 4.69) is 46.8 Å². The van der Waals surface area contributed by atoms with Crippen LogP contribution in [-0.4, -0.2) is 40.1 Å². The molecule has 1 atom stereocenters. The number of likely N-dealkylation sites (tertiary alicyclic amines) is 1. The predicted octanol–water partition coefficient (Wildman–Crippen LogP) is 2.56. The number of aryl methyl sites for hydroxylation is 1. The second kappa shape index (κ2) is 5.21. The molecule has 4 heteroatoms. The highest BCUT2D eigenvalue weighted by molar-refractivity contribution is 5.78. The fraction of sp³-hybridized carbons (Fsp3) is 0.533. The number of likely N-dealkylation sites (N-methyl/N-ethyl adjacent to an activating group) is 1. The maximum atomic E-state index is 4.73. The van der Waals surface area contributed by atoms with Gasteiger partial charge in [0.1, 0.15) is 0 Å². The summed E-state index contributed by atoms with van der Waals surface area (Å²) in [7, 11) is 0. The molecule has 0 amide bonds. The first kappa shape index (κ1) is 12.5. The number of rotatable bonds is 4. The van der Waals surface area contributed by atoms with E-state index in [-0.39, 0.29) is 0 Å². The molecule has 102 valence electrons. The maximum Gasteiger partial charge on any atom is 0.204 e. The zero-order valence-corrected chi connectivity index (χ0v) is 11.8. The lowest BCUT2D eigenvalue weighted by atomic mass is 10.3. The summed E-state index contributed by atoms with van der Waals surface area (Å²) in [6.07, 6.45) is 1.21. The van der Waals surface area contributed by atoms with Crippen LogP contribution in [0.4, 0.5) is 5.95 Å². The molecule has 4 nitrogen and oxygen atoms in total. The third kappa shape index (κ3) is 2.32. The van der Waals surface area contributed by atoms with Crippen molar-refractivity contribution in [3.8, 4) is 0 Å². The van der Waals surface area contributed by atoms with Crippen molar-refractivity contribution >= 4 is 17.0 Å². The van der Waals surface area contributed by atoms with Gasteiger partial charge in [-0.15, -0.1) is 0 Å². The first-order valence-electron chi connectivity index (χ1n) is 7.26. The minimum absolute atomic E-state index is 0.530. The first-order valence-corrected chi connectivity index (χ1v) is 7.26. The fourth-order valence-corrected chi connectivity index (χ4v) is 2.93. The molecule has 1 aromatic carbocycles. The Balaban J connectivity index is 1.84. The average molecular weight is 258 g/mol. The number of para-hydroxylation sites is 2. The molecule has 1 N–H and O–H groups in total. The zero-order valence-electron chi connectivity index (χ0n) is 11.8. The van der Waals surface area contributed by atoms with Crippen molar-refractivity contribution < 1.29 is 0 Å². The Kier molecular flexibility index (Phi) is 3.42. The summed E-state index contributed by atoms with van der Waals surface area (Å²) in [6, 6.07) is 8.88. The number of nitrogens with zero attached hydrogens (tertiary/aromatic N) is 3. The first-order chi connectivity index (χ1) is 9.31. The van der Waals surface area contributed by atoms with Crippen molar-refractivity contribution in [3.63, 3.8) is 0 Å². The molecule has 0 radical (unpaired) electrons. The Morgan fingerprint density at radius 2 is 2.11 bits per heavy atom. The van der Waals surface area contributed by atoms with Gasteiger partial charge in [-0.3, -0.25) is 0 Å². The van der Waals surface area contributed by atoms with Gasteiger partial charge in [0, 0.05) is 25.7 Å². The zero-order chi connectivity index (χ0) is 13.2. The highest BCUT2D eigenvalue weighted by Gasteiger charge is 2.22. The number of nitrogens with one attached hydrogen (secondary N) is 1. The van der Waals surface area contributed by atoms with E-state index in [4.69, 9.17) is 4.98 Å². The Morgan fingerprint density at radius 1 is 1.26 bits per heavy atom. The number of hydrogen-bond donors (Lipinski definition) is 1. The van der Waals surface area contributed by atoms with Crippen LogP contribution in [0.3, 0.4) is 0 Å². The topological polar surface area (TPSA) is 33.1 Å². The second-order valence-electron chi connectivity index (χ2n) is 5.19. The summed E-state index contributed by atoms with van der Waals surface area (Å²) in [5, 5.41) is 3.62. The Bertz CT molecular complexity index is 560. The number of fused-ring (bicyclic) bond motifs is 1. The number of benzene rings is 1. The summed E-state index contributed by atoms with van der Waals surface area (Å²) in [4.78, 5) is 7.21. The molecule has 0 bridgehead atoms. The Morgan fingerprint density at radius 3 is 2.84 bits per heavy atom. The molecule has 0 spiro atoms. The van der Waals surface area contributed by atoms with E-state index in [0.29, 0.717) is 6.04 Å². The molecule has 1 fully saturated rings. The predicted molar refractivity (Wildman–Crippen MR) is 79.5 cm³/mol. The monoisotopic (exact) mass is 258 g/mol. The summed E-state index contributed by atoms with van der Waals surface area (Å²) < 4.78 is 2.27. The Labute approximate surface area is 114 Å². The number of aromatic nitrogens is 2. The van der Waals surface area contributed by atoms with Crippen LogP contribution in [-0.2, 0) is 6.54 Å². The van der Waals surface area contributed by atoms with E-state index in [0.717, 1.165) is 31.1 Å². The van der Waals surface area contributed by atoms with Crippen LogP contribution in [0.25, 0.3) is 11.0 Å². The molecule has 3 rings (SSSR count). The summed E-state index contributed by atoms with van der Waals surface area (Å²) >= 11 is 0. The molecule has 19 heavy (non-hydrogen) atoms. The molecule has 2 aromatic rings. The van der Waals surface area contributed by atoms with Crippen molar-refractivity contribution in [2.24, 2.45) is 0 Å². The van der Waals surface area contributed by atoms with E-state index >= 15 is 0 Å². The molecule has 0 aliphatic carbocycles. The van der Waals surface area contributed by atoms with E-state index in [9.17, 15) is 0 Å². The van der Waals surface area contributed by atoms with Crippen LogP contribution in [0, 0.1) is 0 Å². The minimum Gasteiger partial charge on any atom is -0.352 e. The fourth-order valence-electron chi connectivity index (χ4n) is 2.93. The van der Waals surface area contributed by atoms with Crippen molar-refractivity contribution in [2.45, 2.75) is 32.9 Å². The summed E-state index contributed by atoms with van der Waals surface area (Å²) in [5.41, 5.74) is 2.30. The SMILES string of the molecule is CCN1CCC(Nc2nc3ccccc3n2CC)C1. The van der Waals surface area contributed by atoms with Crippen LogP contribution in [0.15, 0.2) is 24.3 Å². The number of hydrogen-bond acceptors (Lipinski definition) is 3. The molecule has 1 aliphatic heterocycles. The smallest absolute Gasteiger partial charge is 0.204 e. The van der Waals surface area contributed by atoms with E-state index < -0.39 is 0 Å². The van der Waals surface area contributed by atoms with E-state index in [1.54, 1.807) is 0 Å². The highest BCUT2D eigenvalue weighted by Crippen LogP contribution is 2.21.